The number of aromatic nitrogens is 2. The Morgan fingerprint density at radius 2 is 2.15 bits per heavy atom. The lowest BCUT2D eigenvalue weighted by molar-refractivity contribution is 0.0958. The topological polar surface area (TPSA) is 132 Å². The fourth-order valence-electron chi connectivity index (χ4n) is 4.57. The van der Waals surface area contributed by atoms with Crippen molar-refractivity contribution in [3.05, 3.63) is 35.0 Å². The molecule has 0 saturated heterocycles. The molecule has 4 rings (SSSR count). The van der Waals surface area contributed by atoms with Gasteiger partial charge in [-0.3, -0.25) is 9.35 Å². The lowest BCUT2D eigenvalue weighted by atomic mass is 9.84. The molecule has 1 aromatic carbocycles. The Morgan fingerprint density at radius 1 is 1.32 bits per heavy atom. The lowest BCUT2D eigenvalue weighted by Crippen LogP contribution is -2.39. The summed E-state index contributed by atoms with van der Waals surface area (Å²) in [5.41, 5.74) is 2.28. The first-order valence-electron chi connectivity index (χ1n) is 11.5. The van der Waals surface area contributed by atoms with Crippen LogP contribution in [-0.4, -0.2) is 56.9 Å². The monoisotopic (exact) mass is 507 g/mol. The number of benzene rings is 1. The molecule has 184 valence electrons. The number of hydrogen-bond acceptors (Lipinski definition) is 7. The van der Waals surface area contributed by atoms with Gasteiger partial charge in [0.25, 0.3) is 5.91 Å². The molecule has 0 bridgehead atoms. The van der Waals surface area contributed by atoms with Crippen molar-refractivity contribution in [2.75, 3.05) is 41.7 Å². The maximum Gasteiger partial charge on any atom is 0.253 e. The van der Waals surface area contributed by atoms with Crippen molar-refractivity contribution < 1.29 is 13.6 Å². The van der Waals surface area contributed by atoms with E-state index < -0.39 is 11.3 Å². The van der Waals surface area contributed by atoms with E-state index in [4.69, 9.17) is 16.2 Å². The molecule has 1 aromatic heterocycles. The van der Waals surface area contributed by atoms with E-state index in [9.17, 15) is 9.00 Å². The summed E-state index contributed by atoms with van der Waals surface area (Å²) in [4.78, 5) is 23.4. The van der Waals surface area contributed by atoms with E-state index in [0.717, 1.165) is 50.1 Å². The first-order chi connectivity index (χ1) is 16.4. The normalized spacial score (nSPS) is 21.3. The minimum Gasteiger partial charge on any atom is -0.369 e. The van der Waals surface area contributed by atoms with Gasteiger partial charge in [0.1, 0.15) is 5.02 Å². The van der Waals surface area contributed by atoms with Gasteiger partial charge in [-0.1, -0.05) is 24.4 Å². The van der Waals surface area contributed by atoms with E-state index >= 15 is 0 Å². The Hall–Kier alpha value is -2.47. The van der Waals surface area contributed by atoms with Crippen LogP contribution in [0, 0.1) is 5.92 Å². The molecule has 0 spiro atoms. The molecule has 0 radical (unpaired) electrons. The molecule has 1 fully saturated rings. The van der Waals surface area contributed by atoms with Crippen molar-refractivity contribution in [3.8, 4) is 0 Å². The number of nitrogens with one attached hydrogen (secondary N) is 4. The number of hydrogen-bond donors (Lipinski definition) is 5. The molecule has 1 aliphatic heterocycles. The molecular formula is C22H30ClN7O3S. The van der Waals surface area contributed by atoms with Crippen LogP contribution in [-0.2, 0) is 11.3 Å². The Kier molecular flexibility index (Phi) is 8.19. The fourth-order valence-corrected chi connectivity index (χ4v) is 5.07. The second-order valence-electron chi connectivity index (χ2n) is 8.48. The van der Waals surface area contributed by atoms with Crippen LogP contribution in [0.1, 0.15) is 43.0 Å². The minimum atomic E-state index is -2.04. The highest BCUT2D eigenvalue weighted by atomic mass is 35.5. The maximum atomic E-state index is 12.4. The van der Waals surface area contributed by atoms with Crippen molar-refractivity contribution >= 4 is 51.9 Å². The second-order valence-corrected chi connectivity index (χ2v) is 9.67. The summed E-state index contributed by atoms with van der Waals surface area (Å²) in [5, 5.41) is 9.98. The second kappa shape index (κ2) is 11.3. The highest BCUT2D eigenvalue weighted by molar-refractivity contribution is 7.77. The van der Waals surface area contributed by atoms with Gasteiger partial charge in [-0.15, -0.1) is 0 Å². The Balaban J connectivity index is 1.52. The summed E-state index contributed by atoms with van der Waals surface area (Å²) in [6, 6.07) is 5.66. The van der Waals surface area contributed by atoms with Crippen molar-refractivity contribution in [1.82, 2.24) is 20.0 Å². The summed E-state index contributed by atoms with van der Waals surface area (Å²) < 4.78 is 22.7. The van der Waals surface area contributed by atoms with E-state index in [2.05, 4.69) is 42.5 Å². The van der Waals surface area contributed by atoms with Crippen molar-refractivity contribution in [2.45, 2.75) is 38.6 Å². The Bertz CT molecular complexity index is 1060. The van der Waals surface area contributed by atoms with Crippen LogP contribution < -0.4 is 25.6 Å². The van der Waals surface area contributed by atoms with Gasteiger partial charge in [-0.25, -0.2) is 13.9 Å². The first-order valence-corrected chi connectivity index (χ1v) is 13.0. The van der Waals surface area contributed by atoms with Crippen LogP contribution in [0.15, 0.2) is 24.4 Å². The zero-order valence-corrected chi connectivity index (χ0v) is 20.6. The molecular weight excluding hydrogens is 478 g/mol. The minimum absolute atomic E-state index is 0.0757. The summed E-state index contributed by atoms with van der Waals surface area (Å²) in [6.07, 6.45) is 5.58. The van der Waals surface area contributed by atoms with Gasteiger partial charge in [0.05, 0.1) is 17.4 Å². The molecule has 1 amide bonds. The van der Waals surface area contributed by atoms with Crippen molar-refractivity contribution in [1.29, 1.82) is 0 Å². The van der Waals surface area contributed by atoms with E-state index in [1.54, 1.807) is 12.3 Å². The van der Waals surface area contributed by atoms with Gasteiger partial charge >= 0.3 is 0 Å². The highest BCUT2D eigenvalue weighted by Crippen LogP contribution is 2.31. The number of rotatable bonds is 8. The quantitative estimate of drug-likeness (QED) is 0.344. The predicted octanol–water partition coefficient (Wildman–Crippen LogP) is 3.14. The number of carbonyl (C=O) groups excluding carboxylic acids is 1. The number of amides is 1. The molecule has 5 N–H and O–H groups in total. The number of fused-ring (bicyclic) bond motifs is 1. The zero-order valence-electron chi connectivity index (χ0n) is 19.0. The lowest BCUT2D eigenvalue weighted by Gasteiger charge is -2.32. The fraction of sp³-hybridized carbons (Fsp3) is 0.500. The van der Waals surface area contributed by atoms with Crippen molar-refractivity contribution in [3.63, 3.8) is 0 Å². The summed E-state index contributed by atoms with van der Waals surface area (Å²) in [6.45, 7) is 4.63. The largest absolute Gasteiger partial charge is 0.369 e. The van der Waals surface area contributed by atoms with Crippen LogP contribution in [0.4, 0.5) is 23.1 Å². The van der Waals surface area contributed by atoms with Gasteiger partial charge < -0.3 is 20.9 Å². The molecule has 2 aliphatic rings. The average molecular weight is 508 g/mol. The van der Waals surface area contributed by atoms with Gasteiger partial charge in [0.15, 0.2) is 5.82 Å². The number of carbonyl (C=O) groups is 1. The molecule has 1 saturated carbocycles. The Morgan fingerprint density at radius 3 is 2.94 bits per heavy atom. The molecule has 1 aliphatic carbocycles. The average Bonchev–Trinajstić information content (AvgIpc) is 2.98. The third-order valence-electron chi connectivity index (χ3n) is 6.33. The van der Waals surface area contributed by atoms with Gasteiger partial charge in [0, 0.05) is 37.9 Å². The van der Waals surface area contributed by atoms with Gasteiger partial charge in [-0.05, 0) is 43.9 Å². The van der Waals surface area contributed by atoms with E-state index in [1.165, 1.54) is 0 Å². The summed E-state index contributed by atoms with van der Waals surface area (Å²) in [7, 11) is 0. The van der Waals surface area contributed by atoms with Gasteiger partial charge in [-0.2, -0.15) is 4.98 Å². The summed E-state index contributed by atoms with van der Waals surface area (Å²) in [5.74, 6) is 1.01. The maximum absolute atomic E-state index is 12.4. The van der Waals surface area contributed by atoms with Crippen LogP contribution in [0.5, 0.6) is 0 Å². The van der Waals surface area contributed by atoms with Gasteiger partial charge in [0.2, 0.25) is 17.2 Å². The number of likely N-dealkylation sites (N-methyl/N-ethyl adjacent to an activating group) is 1. The predicted molar refractivity (Wildman–Crippen MR) is 135 cm³/mol. The van der Waals surface area contributed by atoms with E-state index in [0.29, 0.717) is 35.4 Å². The number of halogens is 1. The number of anilines is 4. The summed E-state index contributed by atoms with van der Waals surface area (Å²) >= 11 is 4.35. The molecule has 2 heterocycles. The number of nitrogens with zero attached hydrogens (tertiary/aromatic N) is 3. The van der Waals surface area contributed by atoms with Crippen LogP contribution in [0.2, 0.25) is 5.02 Å². The van der Waals surface area contributed by atoms with Crippen LogP contribution >= 0.6 is 11.6 Å². The zero-order chi connectivity index (χ0) is 24.1. The molecule has 3 atom stereocenters. The first kappa shape index (κ1) is 24.6. The van der Waals surface area contributed by atoms with Crippen molar-refractivity contribution in [2.24, 2.45) is 5.92 Å². The molecule has 34 heavy (non-hydrogen) atoms. The smallest absolute Gasteiger partial charge is 0.253 e. The van der Waals surface area contributed by atoms with E-state index in [1.807, 2.05) is 12.1 Å². The molecule has 10 nitrogen and oxygen atoms in total. The SMILES string of the molecule is CCN1CCNC(=O)c2ccc(Nc3ncc(Cl)c(N[C@@H]4CCCC[C@@H]4CNS(=O)O)n3)cc21. The van der Waals surface area contributed by atoms with Crippen LogP contribution in [0.25, 0.3) is 0 Å². The molecule has 12 heteroatoms. The third-order valence-corrected chi connectivity index (χ3v) is 7.02. The highest BCUT2D eigenvalue weighted by Gasteiger charge is 2.26. The standard InChI is InChI=1S/C22H30ClN7O3S/c1-2-30-10-9-24-21(31)16-8-7-15(11-19(16)30)27-22-25-13-17(23)20(29-22)28-18-6-4-3-5-14(18)12-26-34(32)33/h7-8,11,13-14,18,26H,2-6,9-10,12H2,1H3,(H,24,31)(H,32,33)(H2,25,27,28,29)/t14-,18-/m1/s1. The molecule has 1 unspecified atom stereocenters. The van der Waals surface area contributed by atoms with Crippen LogP contribution in [0.3, 0.4) is 0 Å². The third kappa shape index (κ3) is 5.96. The van der Waals surface area contributed by atoms with E-state index in [-0.39, 0.29) is 17.9 Å². The Labute approximate surface area is 206 Å². The molecule has 2 aromatic rings.